The Morgan fingerprint density at radius 1 is 1.36 bits per heavy atom. The highest BCUT2D eigenvalue weighted by molar-refractivity contribution is 5.93. The van der Waals surface area contributed by atoms with Crippen molar-refractivity contribution in [2.75, 3.05) is 13.2 Å². The van der Waals surface area contributed by atoms with Gasteiger partial charge < -0.3 is 15.0 Å². The molecule has 1 amide bonds. The highest BCUT2D eigenvalue weighted by Crippen LogP contribution is 2.22. The van der Waals surface area contributed by atoms with Gasteiger partial charge in [0, 0.05) is 43.3 Å². The molecule has 1 fully saturated rings. The molecule has 0 radical (unpaired) electrons. The molecule has 1 aromatic carbocycles. The number of carbonyl (C=O) groups excluding carboxylic acids is 1. The summed E-state index contributed by atoms with van der Waals surface area (Å²) in [5, 5.41) is 0. The molecule has 1 saturated heterocycles. The lowest BCUT2D eigenvalue weighted by Crippen LogP contribution is -2.19. The van der Waals surface area contributed by atoms with Gasteiger partial charge in [-0.2, -0.15) is 0 Å². The zero-order valence-corrected chi connectivity index (χ0v) is 12.6. The molecule has 1 aliphatic rings. The van der Waals surface area contributed by atoms with Gasteiger partial charge in [-0.05, 0) is 37.3 Å². The summed E-state index contributed by atoms with van der Waals surface area (Å²) >= 11 is 0. The zero-order chi connectivity index (χ0) is 15.4. The Balaban J connectivity index is 1.69. The molecular weight excluding hydrogens is 278 g/mol. The summed E-state index contributed by atoms with van der Waals surface area (Å²) in [5.41, 5.74) is 6.78. The van der Waals surface area contributed by atoms with E-state index in [1.165, 1.54) is 6.42 Å². The molecule has 1 unspecified atom stereocenters. The summed E-state index contributed by atoms with van der Waals surface area (Å²) in [6.45, 7) is 2.71. The van der Waals surface area contributed by atoms with E-state index < -0.39 is 5.91 Å². The van der Waals surface area contributed by atoms with Crippen LogP contribution in [0.1, 0.15) is 29.6 Å². The number of amides is 1. The van der Waals surface area contributed by atoms with Crippen molar-refractivity contribution in [3.8, 4) is 11.4 Å². The van der Waals surface area contributed by atoms with Crippen LogP contribution in [0.2, 0.25) is 0 Å². The van der Waals surface area contributed by atoms with Crippen LogP contribution in [0.15, 0.2) is 36.7 Å². The normalized spacial score (nSPS) is 18.3. The first-order valence-corrected chi connectivity index (χ1v) is 7.73. The Morgan fingerprint density at radius 3 is 2.86 bits per heavy atom. The largest absolute Gasteiger partial charge is 0.381 e. The molecule has 0 saturated carbocycles. The van der Waals surface area contributed by atoms with E-state index in [9.17, 15) is 4.79 Å². The molecule has 0 bridgehead atoms. The fourth-order valence-corrected chi connectivity index (χ4v) is 2.89. The minimum atomic E-state index is -0.410. The Morgan fingerprint density at radius 2 is 2.18 bits per heavy atom. The van der Waals surface area contributed by atoms with Gasteiger partial charge >= 0.3 is 0 Å². The van der Waals surface area contributed by atoms with E-state index in [2.05, 4.69) is 9.55 Å². The van der Waals surface area contributed by atoms with E-state index in [4.69, 9.17) is 10.5 Å². The van der Waals surface area contributed by atoms with Crippen molar-refractivity contribution in [2.45, 2.75) is 25.8 Å². The second kappa shape index (κ2) is 6.75. The van der Waals surface area contributed by atoms with Crippen LogP contribution in [0.25, 0.3) is 11.4 Å². The Labute approximate surface area is 130 Å². The van der Waals surface area contributed by atoms with Crippen molar-refractivity contribution in [3.63, 3.8) is 0 Å². The summed E-state index contributed by atoms with van der Waals surface area (Å²) in [5.74, 6) is 1.15. The number of ether oxygens (including phenoxy) is 1. The third-order valence-electron chi connectivity index (χ3n) is 4.18. The molecule has 0 aliphatic carbocycles. The molecule has 2 aromatic rings. The molecule has 5 nitrogen and oxygen atoms in total. The maximum Gasteiger partial charge on any atom is 0.248 e. The van der Waals surface area contributed by atoms with Crippen LogP contribution < -0.4 is 5.73 Å². The first kappa shape index (κ1) is 14.8. The Hall–Kier alpha value is -2.14. The number of carbonyl (C=O) groups is 1. The summed E-state index contributed by atoms with van der Waals surface area (Å²) in [7, 11) is 0. The number of primary amides is 1. The van der Waals surface area contributed by atoms with Gasteiger partial charge in [-0.1, -0.05) is 12.1 Å². The summed E-state index contributed by atoms with van der Waals surface area (Å²) in [6, 6.07) is 7.27. The fourth-order valence-electron chi connectivity index (χ4n) is 2.89. The third kappa shape index (κ3) is 3.36. The molecule has 2 heterocycles. The Kier molecular flexibility index (Phi) is 4.53. The van der Waals surface area contributed by atoms with Gasteiger partial charge in [-0.15, -0.1) is 0 Å². The third-order valence-corrected chi connectivity index (χ3v) is 4.18. The average molecular weight is 299 g/mol. The van der Waals surface area contributed by atoms with Gasteiger partial charge in [0.25, 0.3) is 0 Å². The number of hydrogen-bond donors (Lipinski definition) is 1. The number of nitrogens with two attached hydrogens (primary N) is 1. The predicted octanol–water partition coefficient (Wildman–Crippen LogP) is 2.47. The van der Waals surface area contributed by atoms with Crippen LogP contribution in [0.4, 0.5) is 0 Å². The molecule has 0 spiro atoms. The number of benzene rings is 1. The Bertz CT molecular complexity index is 628. The number of aromatic nitrogens is 2. The first-order valence-electron chi connectivity index (χ1n) is 7.73. The van der Waals surface area contributed by atoms with Crippen molar-refractivity contribution < 1.29 is 9.53 Å². The molecule has 22 heavy (non-hydrogen) atoms. The molecule has 5 heteroatoms. The maximum atomic E-state index is 11.1. The van der Waals surface area contributed by atoms with E-state index in [0.29, 0.717) is 11.5 Å². The molecule has 3 rings (SSSR count). The van der Waals surface area contributed by atoms with Crippen LogP contribution in [0.3, 0.4) is 0 Å². The highest BCUT2D eigenvalue weighted by atomic mass is 16.5. The minimum absolute atomic E-state index is 0.410. The van der Waals surface area contributed by atoms with E-state index in [0.717, 1.165) is 44.0 Å². The molecular formula is C17H21N3O2. The zero-order valence-electron chi connectivity index (χ0n) is 12.6. The van der Waals surface area contributed by atoms with Gasteiger partial charge in [0.2, 0.25) is 5.91 Å². The van der Waals surface area contributed by atoms with Crippen LogP contribution in [0.5, 0.6) is 0 Å². The van der Waals surface area contributed by atoms with E-state index in [1.807, 2.05) is 24.5 Å². The van der Waals surface area contributed by atoms with Crippen molar-refractivity contribution in [1.29, 1.82) is 0 Å². The van der Waals surface area contributed by atoms with Crippen molar-refractivity contribution in [3.05, 3.63) is 42.2 Å². The van der Waals surface area contributed by atoms with Crippen molar-refractivity contribution >= 4 is 5.91 Å². The van der Waals surface area contributed by atoms with Gasteiger partial charge in [-0.25, -0.2) is 4.98 Å². The summed E-state index contributed by atoms with van der Waals surface area (Å²) in [6.07, 6.45) is 7.33. The van der Waals surface area contributed by atoms with E-state index in [-0.39, 0.29) is 0 Å². The second-order valence-corrected chi connectivity index (χ2v) is 5.76. The van der Waals surface area contributed by atoms with Crippen LogP contribution in [-0.4, -0.2) is 28.7 Å². The SMILES string of the molecule is NC(=O)c1ccc(-c2nccn2CCC2CCCOC2)cc1. The standard InChI is InChI=1S/C17H21N3O2/c18-16(21)14-3-5-15(6-4-14)17-19-8-10-20(17)9-7-13-2-1-11-22-12-13/h3-6,8,10,13H,1-2,7,9,11-12H2,(H2,18,21). The number of nitrogens with zero attached hydrogens (tertiary/aromatic N) is 2. The van der Waals surface area contributed by atoms with Crippen LogP contribution >= 0.6 is 0 Å². The lowest BCUT2D eigenvalue weighted by molar-refractivity contribution is 0.0501. The summed E-state index contributed by atoms with van der Waals surface area (Å²) < 4.78 is 7.69. The van der Waals surface area contributed by atoms with E-state index in [1.54, 1.807) is 12.1 Å². The molecule has 2 N–H and O–H groups in total. The lowest BCUT2D eigenvalue weighted by Gasteiger charge is -2.22. The van der Waals surface area contributed by atoms with Crippen LogP contribution in [0, 0.1) is 5.92 Å². The van der Waals surface area contributed by atoms with Crippen molar-refractivity contribution in [1.82, 2.24) is 9.55 Å². The van der Waals surface area contributed by atoms with Gasteiger partial charge in [0.15, 0.2) is 0 Å². The van der Waals surface area contributed by atoms with Crippen LogP contribution in [-0.2, 0) is 11.3 Å². The number of aryl methyl sites for hydroxylation is 1. The first-order chi connectivity index (χ1) is 10.7. The monoisotopic (exact) mass is 299 g/mol. The van der Waals surface area contributed by atoms with Gasteiger partial charge in [0.1, 0.15) is 5.82 Å². The smallest absolute Gasteiger partial charge is 0.248 e. The average Bonchev–Trinajstić information content (AvgIpc) is 3.02. The van der Waals surface area contributed by atoms with E-state index >= 15 is 0 Å². The minimum Gasteiger partial charge on any atom is -0.381 e. The molecule has 116 valence electrons. The lowest BCUT2D eigenvalue weighted by atomic mass is 9.98. The molecule has 1 aliphatic heterocycles. The topological polar surface area (TPSA) is 70.1 Å². The van der Waals surface area contributed by atoms with Gasteiger partial charge in [-0.3, -0.25) is 4.79 Å². The maximum absolute atomic E-state index is 11.1. The quantitative estimate of drug-likeness (QED) is 0.922. The molecule has 1 aromatic heterocycles. The second-order valence-electron chi connectivity index (χ2n) is 5.76. The fraction of sp³-hybridized carbons (Fsp3) is 0.412. The van der Waals surface area contributed by atoms with Crippen molar-refractivity contribution in [2.24, 2.45) is 11.7 Å². The summed E-state index contributed by atoms with van der Waals surface area (Å²) in [4.78, 5) is 15.6. The van der Waals surface area contributed by atoms with Gasteiger partial charge in [0.05, 0.1) is 0 Å². The predicted molar refractivity (Wildman–Crippen MR) is 84.3 cm³/mol. The number of rotatable bonds is 5. The highest BCUT2D eigenvalue weighted by Gasteiger charge is 2.15. The molecule has 1 atom stereocenters. The number of imidazole rings is 1. The number of hydrogen-bond acceptors (Lipinski definition) is 3.